The Labute approximate surface area is 131 Å². The molecule has 0 saturated carbocycles. The van der Waals surface area contributed by atoms with Gasteiger partial charge in [0, 0.05) is 43.7 Å². The summed E-state index contributed by atoms with van der Waals surface area (Å²) in [5.41, 5.74) is 2.96. The fraction of sp³-hybridized carbons (Fsp3) is 0.647. The number of aliphatic carboxylic acids is 1. The van der Waals surface area contributed by atoms with Crippen LogP contribution < -0.4 is 5.56 Å². The molecule has 0 aromatic carbocycles. The highest BCUT2D eigenvalue weighted by atomic mass is 16.4. The largest absolute Gasteiger partial charge is 0.481 e. The van der Waals surface area contributed by atoms with Crippen molar-refractivity contribution in [2.75, 3.05) is 13.6 Å². The lowest BCUT2D eigenvalue weighted by Crippen LogP contribution is -2.35. The fourth-order valence-corrected chi connectivity index (χ4v) is 2.97. The molecule has 5 heteroatoms. The number of likely N-dealkylation sites (N-methyl/N-ethyl adjacent to an activating group) is 1. The first kappa shape index (κ1) is 16.7. The number of nitrogens with zero attached hydrogens (tertiary/aromatic N) is 2. The normalized spacial score (nSPS) is 15.1. The number of carboxylic acid groups (broad SMARTS) is 1. The topological polar surface area (TPSA) is 62.5 Å². The second kappa shape index (κ2) is 7.09. The first-order valence-corrected chi connectivity index (χ1v) is 8.03. The minimum absolute atomic E-state index is 0.00482. The summed E-state index contributed by atoms with van der Waals surface area (Å²) in [4.78, 5) is 25.7. The average molecular weight is 306 g/mol. The molecule has 1 aliphatic heterocycles. The van der Waals surface area contributed by atoms with Crippen molar-refractivity contribution in [3.63, 3.8) is 0 Å². The third-order valence-corrected chi connectivity index (χ3v) is 4.27. The van der Waals surface area contributed by atoms with E-state index in [2.05, 4.69) is 25.8 Å². The third kappa shape index (κ3) is 3.97. The molecule has 2 rings (SSSR count). The van der Waals surface area contributed by atoms with E-state index in [4.69, 9.17) is 5.11 Å². The van der Waals surface area contributed by atoms with E-state index in [1.807, 2.05) is 10.6 Å². The van der Waals surface area contributed by atoms with Gasteiger partial charge in [-0.05, 0) is 37.4 Å². The number of hydrogen-bond acceptors (Lipinski definition) is 3. The van der Waals surface area contributed by atoms with Crippen LogP contribution >= 0.6 is 0 Å². The summed E-state index contributed by atoms with van der Waals surface area (Å²) in [7, 11) is 2.07. The standard InChI is InChI=1S/C17H26N2O3/c1-12(2)6-9-19-15-7-8-18(3)11-14(15)10-13(17(19)22)4-5-16(20)21/h10,12H,4-9,11H2,1-3H3,(H,20,21). The molecule has 1 aromatic rings. The Bertz CT molecular complexity index is 605. The first-order valence-electron chi connectivity index (χ1n) is 8.03. The van der Waals surface area contributed by atoms with Crippen molar-refractivity contribution in [3.05, 3.63) is 33.2 Å². The average Bonchev–Trinajstić information content (AvgIpc) is 2.44. The lowest BCUT2D eigenvalue weighted by Gasteiger charge is -2.28. The molecule has 1 aromatic heterocycles. The SMILES string of the molecule is CC(C)CCn1c2c(cc(CCC(=O)O)c1=O)CN(C)CC2. The smallest absolute Gasteiger partial charge is 0.303 e. The van der Waals surface area contributed by atoms with E-state index in [9.17, 15) is 9.59 Å². The lowest BCUT2D eigenvalue weighted by atomic mass is 10.0. The minimum atomic E-state index is -0.858. The van der Waals surface area contributed by atoms with Gasteiger partial charge in [-0.1, -0.05) is 13.8 Å². The Hall–Kier alpha value is -1.62. The molecule has 0 radical (unpaired) electrons. The van der Waals surface area contributed by atoms with E-state index in [-0.39, 0.29) is 12.0 Å². The number of pyridine rings is 1. The molecule has 22 heavy (non-hydrogen) atoms. The second-order valence-electron chi connectivity index (χ2n) is 6.66. The number of carboxylic acids is 1. The molecule has 0 spiro atoms. The van der Waals surface area contributed by atoms with Gasteiger partial charge in [-0.3, -0.25) is 9.59 Å². The zero-order chi connectivity index (χ0) is 16.3. The van der Waals surface area contributed by atoms with Crippen molar-refractivity contribution in [2.45, 2.75) is 52.6 Å². The lowest BCUT2D eigenvalue weighted by molar-refractivity contribution is -0.136. The molecule has 5 nitrogen and oxygen atoms in total. The maximum atomic E-state index is 12.7. The Morgan fingerprint density at radius 2 is 2.14 bits per heavy atom. The molecule has 0 unspecified atom stereocenters. The van der Waals surface area contributed by atoms with E-state index in [1.54, 1.807) is 0 Å². The molecule has 0 bridgehead atoms. The van der Waals surface area contributed by atoms with E-state index in [1.165, 1.54) is 5.56 Å². The van der Waals surface area contributed by atoms with Crippen LogP contribution in [-0.4, -0.2) is 34.1 Å². The molecule has 1 aliphatic rings. The van der Waals surface area contributed by atoms with Crippen LogP contribution in [0.1, 0.15) is 43.5 Å². The highest BCUT2D eigenvalue weighted by Crippen LogP contribution is 2.19. The molecule has 1 N–H and O–H groups in total. The van der Waals surface area contributed by atoms with Crippen LogP contribution in [0.25, 0.3) is 0 Å². The quantitative estimate of drug-likeness (QED) is 0.872. The van der Waals surface area contributed by atoms with Gasteiger partial charge >= 0.3 is 5.97 Å². The summed E-state index contributed by atoms with van der Waals surface area (Å²) < 4.78 is 1.90. The van der Waals surface area contributed by atoms with E-state index in [0.29, 0.717) is 17.9 Å². The molecule has 0 atom stereocenters. The Morgan fingerprint density at radius 3 is 2.77 bits per heavy atom. The summed E-state index contributed by atoms with van der Waals surface area (Å²) in [6.45, 7) is 6.82. The van der Waals surface area contributed by atoms with Crippen LogP contribution in [0.3, 0.4) is 0 Å². The van der Waals surface area contributed by atoms with Gasteiger partial charge in [0.05, 0.1) is 0 Å². The number of carbonyl (C=O) groups is 1. The summed E-state index contributed by atoms with van der Waals surface area (Å²) in [5.74, 6) is -0.320. The van der Waals surface area contributed by atoms with E-state index in [0.717, 1.165) is 38.2 Å². The monoisotopic (exact) mass is 306 g/mol. The van der Waals surface area contributed by atoms with Gasteiger partial charge in [0.15, 0.2) is 0 Å². The van der Waals surface area contributed by atoms with Crippen LogP contribution in [0.2, 0.25) is 0 Å². The number of aromatic nitrogens is 1. The predicted octanol–water partition coefficient (Wildman–Crippen LogP) is 1.90. The highest BCUT2D eigenvalue weighted by Gasteiger charge is 2.20. The zero-order valence-corrected chi connectivity index (χ0v) is 13.8. The number of fused-ring (bicyclic) bond motifs is 1. The van der Waals surface area contributed by atoms with Gasteiger partial charge in [-0.25, -0.2) is 0 Å². The molecule has 0 saturated heterocycles. The van der Waals surface area contributed by atoms with Gasteiger partial charge in [-0.15, -0.1) is 0 Å². The van der Waals surface area contributed by atoms with Gasteiger partial charge in [0.25, 0.3) is 5.56 Å². The molecular formula is C17H26N2O3. The highest BCUT2D eigenvalue weighted by molar-refractivity contribution is 5.67. The number of hydrogen-bond donors (Lipinski definition) is 1. The molecule has 0 aliphatic carbocycles. The summed E-state index contributed by atoms with van der Waals surface area (Å²) >= 11 is 0. The van der Waals surface area contributed by atoms with Crippen molar-refractivity contribution in [1.82, 2.24) is 9.47 Å². The summed E-state index contributed by atoms with van der Waals surface area (Å²) in [5, 5.41) is 8.87. The minimum Gasteiger partial charge on any atom is -0.481 e. The van der Waals surface area contributed by atoms with E-state index < -0.39 is 5.97 Å². The van der Waals surface area contributed by atoms with E-state index >= 15 is 0 Å². The third-order valence-electron chi connectivity index (χ3n) is 4.27. The fourth-order valence-electron chi connectivity index (χ4n) is 2.97. The van der Waals surface area contributed by atoms with Crippen molar-refractivity contribution in [3.8, 4) is 0 Å². The van der Waals surface area contributed by atoms with Crippen molar-refractivity contribution in [2.24, 2.45) is 5.92 Å². The van der Waals surface area contributed by atoms with Crippen LogP contribution in [0.15, 0.2) is 10.9 Å². The zero-order valence-electron chi connectivity index (χ0n) is 13.8. The predicted molar refractivity (Wildman–Crippen MR) is 86.2 cm³/mol. The second-order valence-corrected chi connectivity index (χ2v) is 6.66. The van der Waals surface area contributed by atoms with Gasteiger partial charge in [0.1, 0.15) is 0 Å². The maximum Gasteiger partial charge on any atom is 0.303 e. The first-order chi connectivity index (χ1) is 10.4. The van der Waals surface area contributed by atoms with Crippen LogP contribution in [0.5, 0.6) is 0 Å². The van der Waals surface area contributed by atoms with Crippen LogP contribution in [-0.2, 0) is 30.7 Å². The Kier molecular flexibility index (Phi) is 5.40. The Balaban J connectivity index is 2.39. The van der Waals surface area contributed by atoms with Gasteiger partial charge < -0.3 is 14.6 Å². The van der Waals surface area contributed by atoms with Gasteiger partial charge in [-0.2, -0.15) is 0 Å². The molecular weight excluding hydrogens is 280 g/mol. The summed E-state index contributed by atoms with van der Waals surface area (Å²) in [6.07, 6.45) is 2.17. The van der Waals surface area contributed by atoms with Crippen LogP contribution in [0, 0.1) is 5.92 Å². The Morgan fingerprint density at radius 1 is 1.41 bits per heavy atom. The summed E-state index contributed by atoms with van der Waals surface area (Å²) in [6, 6.07) is 1.93. The number of rotatable bonds is 6. The van der Waals surface area contributed by atoms with Gasteiger partial charge in [0.2, 0.25) is 0 Å². The van der Waals surface area contributed by atoms with Crippen molar-refractivity contribution < 1.29 is 9.90 Å². The van der Waals surface area contributed by atoms with Crippen LogP contribution in [0.4, 0.5) is 0 Å². The molecule has 122 valence electrons. The molecule has 0 amide bonds. The molecule has 0 fully saturated rings. The van der Waals surface area contributed by atoms with Crippen molar-refractivity contribution >= 4 is 5.97 Å². The molecule has 2 heterocycles. The number of aryl methyl sites for hydroxylation is 1. The maximum absolute atomic E-state index is 12.7. The van der Waals surface area contributed by atoms with Crippen molar-refractivity contribution in [1.29, 1.82) is 0 Å².